The number of benzene rings is 2. The van der Waals surface area contributed by atoms with Crippen molar-refractivity contribution in [1.29, 1.82) is 0 Å². The van der Waals surface area contributed by atoms with E-state index in [0.29, 0.717) is 34.3 Å². The van der Waals surface area contributed by atoms with Crippen LogP contribution in [0.4, 0.5) is 0 Å². The molecule has 5 nitrogen and oxygen atoms in total. The Hall–Kier alpha value is -3.83. The molecule has 0 aliphatic carbocycles. The number of carbonyl (C=O) groups is 1. The molecule has 6 heteroatoms. The van der Waals surface area contributed by atoms with E-state index in [9.17, 15) is 4.79 Å². The third-order valence-corrected chi connectivity index (χ3v) is 5.60. The summed E-state index contributed by atoms with van der Waals surface area (Å²) in [5.41, 5.74) is 3.24. The standard InChI is InChI=1S/C26H19ClN2O3/c1-31-19-9-10-23-20(14-19)21(16-29(23)15-17-5-7-18(27)8-6-17)26(30)25-12-11-24(32-25)22-4-2-3-13-28-22/h2-14,16H,15H2,1H3. The Morgan fingerprint density at radius 3 is 2.66 bits per heavy atom. The molecule has 0 atom stereocenters. The third-order valence-electron chi connectivity index (χ3n) is 5.35. The molecule has 2 aromatic carbocycles. The molecule has 0 radical (unpaired) electrons. The van der Waals surface area contributed by atoms with Crippen LogP contribution in [-0.4, -0.2) is 22.4 Å². The van der Waals surface area contributed by atoms with Gasteiger partial charge < -0.3 is 13.7 Å². The second kappa shape index (κ2) is 8.36. The lowest BCUT2D eigenvalue weighted by molar-refractivity contribution is 0.101. The lowest BCUT2D eigenvalue weighted by Crippen LogP contribution is -2.00. The highest BCUT2D eigenvalue weighted by Crippen LogP contribution is 2.30. The van der Waals surface area contributed by atoms with Gasteiger partial charge in [0.15, 0.2) is 11.5 Å². The van der Waals surface area contributed by atoms with Crippen molar-refractivity contribution in [3.05, 3.63) is 107 Å². The van der Waals surface area contributed by atoms with Crippen molar-refractivity contribution in [3.8, 4) is 17.2 Å². The smallest absolute Gasteiger partial charge is 0.230 e. The van der Waals surface area contributed by atoms with E-state index in [2.05, 4.69) is 4.98 Å². The van der Waals surface area contributed by atoms with Crippen LogP contribution in [0.2, 0.25) is 5.02 Å². The summed E-state index contributed by atoms with van der Waals surface area (Å²) in [5.74, 6) is 1.31. The second-order valence-electron chi connectivity index (χ2n) is 7.39. The Morgan fingerprint density at radius 1 is 1.06 bits per heavy atom. The molecule has 0 bridgehead atoms. The molecule has 0 fully saturated rings. The van der Waals surface area contributed by atoms with Gasteiger partial charge in [-0.25, -0.2) is 0 Å². The normalized spacial score (nSPS) is 11.1. The first-order chi connectivity index (χ1) is 15.6. The summed E-state index contributed by atoms with van der Waals surface area (Å²) in [4.78, 5) is 17.7. The molecule has 32 heavy (non-hydrogen) atoms. The predicted molar refractivity (Wildman–Crippen MR) is 124 cm³/mol. The van der Waals surface area contributed by atoms with Gasteiger partial charge in [0.25, 0.3) is 0 Å². The molecule has 0 aliphatic rings. The molecule has 3 aromatic heterocycles. The van der Waals surface area contributed by atoms with Crippen molar-refractivity contribution in [2.45, 2.75) is 6.54 Å². The number of pyridine rings is 1. The molecule has 0 spiro atoms. The Balaban J connectivity index is 1.56. The van der Waals surface area contributed by atoms with Crippen molar-refractivity contribution in [2.24, 2.45) is 0 Å². The first-order valence-corrected chi connectivity index (χ1v) is 10.5. The fourth-order valence-corrected chi connectivity index (χ4v) is 3.87. The molecule has 0 saturated heterocycles. The van der Waals surface area contributed by atoms with Gasteiger partial charge in [-0.05, 0) is 60.2 Å². The Kier molecular flexibility index (Phi) is 5.25. The lowest BCUT2D eigenvalue weighted by atomic mass is 10.1. The van der Waals surface area contributed by atoms with Gasteiger partial charge in [-0.2, -0.15) is 0 Å². The number of carbonyl (C=O) groups excluding carboxylic acids is 1. The predicted octanol–water partition coefficient (Wildman–Crippen LogP) is 6.24. The van der Waals surface area contributed by atoms with Crippen LogP contribution in [0, 0.1) is 0 Å². The zero-order valence-corrected chi connectivity index (χ0v) is 18.0. The zero-order valence-electron chi connectivity index (χ0n) is 17.3. The number of nitrogens with zero attached hydrogens (tertiary/aromatic N) is 2. The van der Waals surface area contributed by atoms with E-state index in [1.54, 1.807) is 25.4 Å². The average molecular weight is 443 g/mol. The van der Waals surface area contributed by atoms with E-state index in [4.69, 9.17) is 20.8 Å². The molecular formula is C26H19ClN2O3. The molecule has 158 valence electrons. The number of furan rings is 1. The van der Waals surface area contributed by atoms with Gasteiger partial charge in [0.1, 0.15) is 11.4 Å². The van der Waals surface area contributed by atoms with E-state index in [1.165, 1.54) is 0 Å². The molecule has 0 aliphatic heterocycles. The summed E-state index contributed by atoms with van der Waals surface area (Å²) >= 11 is 6.02. The molecule has 5 aromatic rings. The number of ether oxygens (including phenoxy) is 1. The fraction of sp³-hybridized carbons (Fsp3) is 0.0769. The maximum atomic E-state index is 13.4. The number of rotatable bonds is 6. The Bertz CT molecular complexity index is 1400. The first-order valence-electron chi connectivity index (χ1n) is 10.1. The SMILES string of the molecule is COc1ccc2c(c1)c(C(=O)c1ccc(-c3ccccn3)o1)cn2Cc1ccc(Cl)cc1. The highest BCUT2D eigenvalue weighted by Gasteiger charge is 2.21. The number of halogens is 1. The molecule has 0 N–H and O–H groups in total. The number of fused-ring (bicyclic) bond motifs is 1. The van der Waals surface area contributed by atoms with E-state index >= 15 is 0 Å². The quantitative estimate of drug-likeness (QED) is 0.292. The minimum atomic E-state index is -0.194. The minimum absolute atomic E-state index is 0.194. The summed E-state index contributed by atoms with van der Waals surface area (Å²) in [5, 5.41) is 1.49. The third kappa shape index (κ3) is 3.79. The Labute approximate surface area is 189 Å². The number of hydrogen-bond acceptors (Lipinski definition) is 4. The lowest BCUT2D eigenvalue weighted by Gasteiger charge is -2.06. The summed E-state index contributed by atoms with van der Waals surface area (Å²) in [6, 6.07) is 22.4. The van der Waals surface area contributed by atoms with Gasteiger partial charge in [0, 0.05) is 34.9 Å². The van der Waals surface area contributed by atoms with Gasteiger partial charge in [-0.3, -0.25) is 9.78 Å². The minimum Gasteiger partial charge on any atom is -0.497 e. The topological polar surface area (TPSA) is 57.3 Å². The van der Waals surface area contributed by atoms with Gasteiger partial charge in [-0.1, -0.05) is 29.8 Å². The van der Waals surface area contributed by atoms with Crippen LogP contribution in [0.25, 0.3) is 22.4 Å². The summed E-state index contributed by atoms with van der Waals surface area (Å²) in [6.45, 7) is 0.602. The number of hydrogen-bond donors (Lipinski definition) is 0. The van der Waals surface area contributed by atoms with Crippen LogP contribution in [0.15, 0.2) is 89.6 Å². The van der Waals surface area contributed by atoms with E-state index in [1.807, 2.05) is 71.4 Å². The van der Waals surface area contributed by atoms with Gasteiger partial charge in [-0.15, -0.1) is 0 Å². The average Bonchev–Trinajstić information content (AvgIpc) is 3.46. The van der Waals surface area contributed by atoms with Crippen LogP contribution in [0.1, 0.15) is 21.7 Å². The molecule has 0 amide bonds. The summed E-state index contributed by atoms with van der Waals surface area (Å²) in [6.07, 6.45) is 3.56. The molecule has 5 rings (SSSR count). The first kappa shape index (κ1) is 20.1. The van der Waals surface area contributed by atoms with Gasteiger partial charge in [0.05, 0.1) is 12.7 Å². The van der Waals surface area contributed by atoms with Crippen LogP contribution in [0.3, 0.4) is 0 Å². The Morgan fingerprint density at radius 2 is 1.91 bits per heavy atom. The van der Waals surface area contributed by atoms with Crippen LogP contribution < -0.4 is 4.74 Å². The maximum absolute atomic E-state index is 13.4. The van der Waals surface area contributed by atoms with Crippen LogP contribution in [-0.2, 0) is 6.54 Å². The highest BCUT2D eigenvalue weighted by atomic mass is 35.5. The molecular weight excluding hydrogens is 424 g/mol. The van der Waals surface area contributed by atoms with Crippen molar-refractivity contribution in [3.63, 3.8) is 0 Å². The van der Waals surface area contributed by atoms with Crippen molar-refractivity contribution in [1.82, 2.24) is 9.55 Å². The molecule has 0 unspecified atom stereocenters. The van der Waals surface area contributed by atoms with Crippen molar-refractivity contribution in [2.75, 3.05) is 7.11 Å². The van der Waals surface area contributed by atoms with E-state index < -0.39 is 0 Å². The largest absolute Gasteiger partial charge is 0.497 e. The van der Waals surface area contributed by atoms with Crippen LogP contribution >= 0.6 is 11.6 Å². The highest BCUT2D eigenvalue weighted by molar-refractivity contribution is 6.30. The summed E-state index contributed by atoms with van der Waals surface area (Å²) in [7, 11) is 1.61. The maximum Gasteiger partial charge on any atom is 0.230 e. The van der Waals surface area contributed by atoms with Crippen LogP contribution in [0.5, 0.6) is 5.75 Å². The number of aromatic nitrogens is 2. The van der Waals surface area contributed by atoms with Gasteiger partial charge >= 0.3 is 0 Å². The molecule has 0 saturated carbocycles. The van der Waals surface area contributed by atoms with E-state index in [0.717, 1.165) is 16.5 Å². The number of ketones is 1. The van der Waals surface area contributed by atoms with Gasteiger partial charge in [0.2, 0.25) is 5.78 Å². The van der Waals surface area contributed by atoms with Crippen molar-refractivity contribution < 1.29 is 13.9 Å². The summed E-state index contributed by atoms with van der Waals surface area (Å²) < 4.78 is 13.3. The monoisotopic (exact) mass is 442 g/mol. The fourth-order valence-electron chi connectivity index (χ4n) is 3.74. The number of methoxy groups -OCH3 is 1. The zero-order chi connectivity index (χ0) is 22.1. The molecule has 3 heterocycles. The van der Waals surface area contributed by atoms with Crippen molar-refractivity contribution >= 4 is 28.3 Å². The van der Waals surface area contributed by atoms with E-state index in [-0.39, 0.29) is 11.5 Å². The second-order valence-corrected chi connectivity index (χ2v) is 7.82.